The van der Waals surface area contributed by atoms with Crippen LogP contribution in [0.5, 0.6) is 23.1 Å². The van der Waals surface area contributed by atoms with Gasteiger partial charge in [0.05, 0.1) is 47.0 Å². The number of carbonyl (C=O) groups excluding carboxylic acids is 6. The molecule has 0 saturated carbocycles. The van der Waals surface area contributed by atoms with Gasteiger partial charge in [-0.15, -0.1) is 0 Å². The quantitative estimate of drug-likeness (QED) is 0.0831. The van der Waals surface area contributed by atoms with E-state index in [9.17, 15) is 33.6 Å². The number of unbranched alkanes of at least 4 members (excludes halogenated alkanes) is 1. The number of hydrogen-bond donors (Lipinski definition) is 3. The van der Waals surface area contributed by atoms with Gasteiger partial charge in [0.2, 0.25) is 29.0 Å². The van der Waals surface area contributed by atoms with Gasteiger partial charge in [0.1, 0.15) is 17.9 Å². The molecule has 0 radical (unpaired) electrons. The maximum atomic E-state index is 15.6. The summed E-state index contributed by atoms with van der Waals surface area (Å²) in [5.74, 6) is -4.04. The molecule has 18 heteroatoms. The molecular formula is C47H42FN7O10. The summed E-state index contributed by atoms with van der Waals surface area (Å²) in [5.41, 5.74) is 2.33. The summed E-state index contributed by atoms with van der Waals surface area (Å²) in [4.78, 5) is 99.9. The van der Waals surface area contributed by atoms with Crippen molar-refractivity contribution in [2.24, 2.45) is 7.05 Å². The number of methoxy groups -OCH3 is 1. The van der Waals surface area contributed by atoms with E-state index in [-0.39, 0.29) is 65.6 Å². The lowest BCUT2D eigenvalue weighted by Crippen LogP contribution is -2.54. The first kappa shape index (κ1) is 43.6. The number of nitrogens with zero attached hydrogens (tertiary/aromatic N) is 4. The number of anilines is 2. The van der Waals surface area contributed by atoms with Crippen molar-refractivity contribution in [2.75, 3.05) is 24.4 Å². The minimum atomic E-state index is -1.13. The summed E-state index contributed by atoms with van der Waals surface area (Å²) < 4.78 is 34.8. The van der Waals surface area contributed by atoms with Crippen LogP contribution in [0.15, 0.2) is 77.9 Å². The summed E-state index contributed by atoms with van der Waals surface area (Å²) in [5, 5.41) is 8.31. The van der Waals surface area contributed by atoms with Crippen LogP contribution in [0.25, 0.3) is 21.8 Å². The number of ether oxygens (including phenoxy) is 3. The molecule has 0 aliphatic carbocycles. The van der Waals surface area contributed by atoms with Crippen molar-refractivity contribution in [1.82, 2.24) is 24.8 Å². The van der Waals surface area contributed by atoms with Crippen LogP contribution in [0.1, 0.15) is 81.4 Å². The molecule has 8 rings (SSSR count). The van der Waals surface area contributed by atoms with Crippen LogP contribution in [0, 0.1) is 12.7 Å². The smallest absolute Gasteiger partial charge is 0.264 e. The van der Waals surface area contributed by atoms with Crippen molar-refractivity contribution in [1.29, 1.82) is 0 Å². The summed E-state index contributed by atoms with van der Waals surface area (Å²) in [7, 11) is 3.22. The number of fused-ring (bicyclic) bond motifs is 3. The highest BCUT2D eigenvalue weighted by molar-refractivity contribution is 6.26. The van der Waals surface area contributed by atoms with Crippen LogP contribution in [-0.2, 0) is 27.9 Å². The van der Waals surface area contributed by atoms with Crippen molar-refractivity contribution in [3.05, 3.63) is 117 Å². The van der Waals surface area contributed by atoms with E-state index in [1.807, 2.05) is 19.1 Å². The van der Waals surface area contributed by atoms with Crippen molar-refractivity contribution < 1.29 is 47.4 Å². The molecule has 1 atom stereocenters. The van der Waals surface area contributed by atoms with Crippen LogP contribution in [0.2, 0.25) is 0 Å². The zero-order chi connectivity index (χ0) is 46.1. The number of pyridine rings is 1. The van der Waals surface area contributed by atoms with Gasteiger partial charge in [-0.25, -0.2) is 14.4 Å². The monoisotopic (exact) mass is 883 g/mol. The Morgan fingerprint density at radius 3 is 2.48 bits per heavy atom. The minimum Gasteiger partial charge on any atom is -0.493 e. The topological polar surface area (TPSA) is 217 Å². The molecule has 2 aliphatic heterocycles. The normalized spacial score (nSPS) is 14.7. The summed E-state index contributed by atoms with van der Waals surface area (Å²) >= 11 is 0. The molecule has 1 saturated heterocycles. The first-order valence-electron chi connectivity index (χ1n) is 20.8. The molecule has 1 unspecified atom stereocenters. The first-order chi connectivity index (χ1) is 31.3. The highest BCUT2D eigenvalue weighted by Crippen LogP contribution is 2.37. The fourth-order valence-corrected chi connectivity index (χ4v) is 7.95. The predicted octanol–water partition coefficient (Wildman–Crippen LogP) is 6.13. The Bertz CT molecular complexity index is 3060. The van der Waals surface area contributed by atoms with Crippen LogP contribution in [-0.4, -0.2) is 74.6 Å². The number of imide groups is 2. The third-order valence-electron chi connectivity index (χ3n) is 11.5. The molecule has 1 fully saturated rings. The minimum absolute atomic E-state index is 0.00953. The standard InChI is InChI=1S/C47H42FN7O10/c1-5-25-12-14-33-29(19-25)42(58)40(24(2)54(33)3)44(60)51-26-13-16-35(30(48)20-26)65-45-28-21-36(63-4)37(22-32(28)49-23-50-45)64-18-7-6-11-38(56)52-31-10-8-9-27-41(31)47(62)55(46(27)61)34-15-17-39(57)53-43(34)59/h8-10,12-14,16,19-23,34H,5-7,11,15,17-18H2,1-4H3,(H,51,60)(H,52,56)(H,53,57,59). The second-order valence-corrected chi connectivity index (χ2v) is 15.5. The van der Waals surface area contributed by atoms with Gasteiger partial charge in [-0.2, -0.15) is 0 Å². The molecule has 65 heavy (non-hydrogen) atoms. The Labute approximate surface area is 369 Å². The number of piperidine rings is 1. The zero-order valence-corrected chi connectivity index (χ0v) is 35.7. The van der Waals surface area contributed by atoms with E-state index >= 15 is 4.39 Å². The van der Waals surface area contributed by atoms with Gasteiger partial charge in [0.25, 0.3) is 17.7 Å². The van der Waals surface area contributed by atoms with E-state index in [1.54, 1.807) is 36.7 Å². The van der Waals surface area contributed by atoms with E-state index in [4.69, 9.17) is 14.2 Å². The highest BCUT2D eigenvalue weighted by Gasteiger charge is 2.45. The van der Waals surface area contributed by atoms with Crippen molar-refractivity contribution in [3.63, 3.8) is 0 Å². The van der Waals surface area contributed by atoms with E-state index in [1.165, 1.54) is 43.8 Å². The molecule has 17 nitrogen and oxygen atoms in total. The SMILES string of the molecule is CCc1ccc2c(c1)c(=O)c(C(=O)Nc1ccc(Oc3ncnc4cc(OCCCCC(=O)Nc5cccc6c5C(=O)N(C5CCC(=O)NC5=O)C6=O)c(OC)cc34)c(F)c1)c(C)n2C. The molecule has 6 aromatic rings. The van der Waals surface area contributed by atoms with E-state index in [2.05, 4.69) is 25.9 Å². The molecule has 4 heterocycles. The van der Waals surface area contributed by atoms with Crippen LogP contribution in [0.4, 0.5) is 15.8 Å². The average molecular weight is 884 g/mol. The predicted molar refractivity (Wildman–Crippen MR) is 235 cm³/mol. The van der Waals surface area contributed by atoms with Gasteiger partial charge in [-0.3, -0.25) is 43.8 Å². The van der Waals surface area contributed by atoms with Gasteiger partial charge < -0.3 is 29.4 Å². The fraction of sp³-hybridized carbons (Fsp3) is 0.255. The number of benzene rings is 4. The van der Waals surface area contributed by atoms with E-state index in [0.717, 1.165) is 23.0 Å². The lowest BCUT2D eigenvalue weighted by Gasteiger charge is -2.27. The number of nitrogens with one attached hydrogen (secondary N) is 3. The molecular weight excluding hydrogens is 842 g/mol. The van der Waals surface area contributed by atoms with Crippen LogP contribution < -0.4 is 35.6 Å². The molecule has 332 valence electrons. The number of rotatable bonds is 14. The number of aromatic nitrogens is 3. The second kappa shape index (κ2) is 18.0. The highest BCUT2D eigenvalue weighted by atomic mass is 19.1. The summed E-state index contributed by atoms with van der Waals surface area (Å²) in [6, 6.07) is 16.0. The zero-order valence-electron chi connectivity index (χ0n) is 35.7. The summed E-state index contributed by atoms with van der Waals surface area (Å²) in [6.45, 7) is 3.84. The van der Waals surface area contributed by atoms with Crippen molar-refractivity contribution in [3.8, 4) is 23.1 Å². The maximum absolute atomic E-state index is 15.6. The second-order valence-electron chi connectivity index (χ2n) is 15.5. The van der Waals surface area contributed by atoms with Gasteiger partial charge in [-0.05, 0) is 80.6 Å². The number of halogens is 1. The Hall–Kier alpha value is -8.02. The molecule has 0 spiro atoms. The Morgan fingerprint density at radius 2 is 1.72 bits per heavy atom. The number of amides is 6. The molecule has 4 aromatic carbocycles. The lowest BCUT2D eigenvalue weighted by atomic mass is 10.0. The van der Waals surface area contributed by atoms with Gasteiger partial charge in [0, 0.05) is 48.8 Å². The number of carbonyl (C=O) groups is 6. The molecule has 2 aliphatic rings. The van der Waals surface area contributed by atoms with Gasteiger partial charge in [-0.1, -0.05) is 19.1 Å². The molecule has 6 amide bonds. The van der Waals surface area contributed by atoms with Crippen LogP contribution in [0.3, 0.4) is 0 Å². The molecule has 2 aromatic heterocycles. The Kier molecular flexibility index (Phi) is 12.1. The Balaban J connectivity index is 0.879. The van der Waals surface area contributed by atoms with Gasteiger partial charge >= 0.3 is 0 Å². The first-order valence-corrected chi connectivity index (χ1v) is 20.8. The molecule has 3 N–H and O–H groups in total. The summed E-state index contributed by atoms with van der Waals surface area (Å²) in [6.07, 6.45) is 2.85. The third kappa shape index (κ3) is 8.44. The fourth-order valence-electron chi connectivity index (χ4n) is 7.95. The lowest BCUT2D eigenvalue weighted by molar-refractivity contribution is -0.136. The van der Waals surface area contributed by atoms with Crippen LogP contribution >= 0.6 is 0 Å². The van der Waals surface area contributed by atoms with Gasteiger partial charge in [0.15, 0.2) is 23.1 Å². The molecule has 0 bridgehead atoms. The van der Waals surface area contributed by atoms with Crippen molar-refractivity contribution >= 4 is 68.6 Å². The number of hydrogen-bond acceptors (Lipinski definition) is 12. The number of aryl methyl sites for hydroxylation is 2. The van der Waals surface area contributed by atoms with E-state index in [0.29, 0.717) is 51.8 Å². The average Bonchev–Trinajstić information content (AvgIpc) is 3.54. The van der Waals surface area contributed by atoms with E-state index < -0.39 is 52.7 Å². The largest absolute Gasteiger partial charge is 0.493 e. The Morgan fingerprint density at radius 1 is 0.908 bits per heavy atom. The van der Waals surface area contributed by atoms with Crippen molar-refractivity contribution in [2.45, 2.75) is 58.4 Å². The maximum Gasteiger partial charge on any atom is 0.264 e. The third-order valence-corrected chi connectivity index (χ3v) is 11.5.